The van der Waals surface area contributed by atoms with Gasteiger partial charge in [-0.3, -0.25) is 9.10 Å². The number of rotatable bonds is 8. The van der Waals surface area contributed by atoms with Crippen molar-refractivity contribution < 1.29 is 27.8 Å². The highest BCUT2D eigenvalue weighted by Gasteiger charge is 2.27. The number of hydrogen-bond donors (Lipinski definition) is 1. The molecule has 7 nitrogen and oxygen atoms in total. The van der Waals surface area contributed by atoms with Crippen LogP contribution < -0.4 is 13.8 Å². The highest BCUT2D eigenvalue weighted by atomic mass is 32.2. The Bertz CT molecular complexity index is 832. The van der Waals surface area contributed by atoms with Crippen LogP contribution in [0.15, 0.2) is 53.4 Å². The van der Waals surface area contributed by atoms with E-state index in [0.29, 0.717) is 18.1 Å². The van der Waals surface area contributed by atoms with Crippen LogP contribution in [0.1, 0.15) is 6.92 Å². The standard InChI is InChI=1S/C17H19NO6S/c1-3-24-14-7-9-16(10-8-14)25(21,22)18(12-17(19)20)13-5-4-6-15(11-13)23-2/h4-11H,3,12H2,1-2H3,(H,19,20). The van der Waals surface area contributed by atoms with Gasteiger partial charge in [-0.2, -0.15) is 0 Å². The van der Waals surface area contributed by atoms with Gasteiger partial charge in [0.2, 0.25) is 0 Å². The summed E-state index contributed by atoms with van der Waals surface area (Å²) in [7, 11) is -2.62. The van der Waals surface area contributed by atoms with Crippen molar-refractivity contribution >= 4 is 21.7 Å². The van der Waals surface area contributed by atoms with Crippen molar-refractivity contribution in [3.8, 4) is 11.5 Å². The topological polar surface area (TPSA) is 93.1 Å². The lowest BCUT2D eigenvalue weighted by molar-refractivity contribution is -0.135. The number of sulfonamides is 1. The number of nitrogens with zero attached hydrogens (tertiary/aromatic N) is 1. The number of hydrogen-bond acceptors (Lipinski definition) is 5. The first kappa shape index (κ1) is 18.6. The number of carbonyl (C=O) groups is 1. The zero-order valence-electron chi connectivity index (χ0n) is 13.9. The first-order valence-corrected chi connectivity index (χ1v) is 8.94. The van der Waals surface area contributed by atoms with E-state index in [9.17, 15) is 13.2 Å². The van der Waals surface area contributed by atoms with Crippen LogP contribution >= 0.6 is 0 Å². The Morgan fingerprint density at radius 2 is 1.80 bits per heavy atom. The van der Waals surface area contributed by atoms with Gasteiger partial charge in [-0.25, -0.2) is 8.42 Å². The fourth-order valence-corrected chi connectivity index (χ4v) is 3.61. The summed E-state index contributed by atoms with van der Waals surface area (Å²) >= 11 is 0. The molecule has 134 valence electrons. The second kappa shape index (κ2) is 7.89. The number of carboxylic acid groups (broad SMARTS) is 1. The lowest BCUT2D eigenvalue weighted by atomic mass is 10.3. The van der Waals surface area contributed by atoms with Gasteiger partial charge in [0.15, 0.2) is 0 Å². The predicted octanol–water partition coefficient (Wildman–Crippen LogP) is 2.37. The van der Waals surface area contributed by atoms with Crippen LogP contribution in [-0.4, -0.2) is 39.8 Å². The molecule has 0 saturated heterocycles. The Kier molecular flexibility index (Phi) is 5.87. The maximum absolute atomic E-state index is 12.9. The minimum atomic E-state index is -4.06. The van der Waals surface area contributed by atoms with E-state index in [-0.39, 0.29) is 10.6 Å². The number of ether oxygens (including phenoxy) is 2. The largest absolute Gasteiger partial charge is 0.497 e. The quantitative estimate of drug-likeness (QED) is 0.772. The van der Waals surface area contributed by atoms with E-state index >= 15 is 0 Å². The summed E-state index contributed by atoms with van der Waals surface area (Å²) in [4.78, 5) is 11.2. The molecule has 2 aromatic carbocycles. The smallest absolute Gasteiger partial charge is 0.324 e. The molecule has 0 aliphatic rings. The molecule has 0 spiro atoms. The molecule has 0 amide bonds. The summed E-state index contributed by atoms with van der Waals surface area (Å²) in [5, 5.41) is 9.14. The molecular weight excluding hydrogens is 346 g/mol. The number of anilines is 1. The minimum absolute atomic E-state index is 0.0278. The van der Waals surface area contributed by atoms with Crippen molar-refractivity contribution in [2.24, 2.45) is 0 Å². The molecule has 0 aliphatic heterocycles. The Balaban J connectivity index is 2.46. The predicted molar refractivity (Wildman–Crippen MR) is 92.8 cm³/mol. The molecule has 8 heteroatoms. The van der Waals surface area contributed by atoms with Crippen LogP contribution in [0, 0.1) is 0 Å². The van der Waals surface area contributed by atoms with E-state index in [4.69, 9.17) is 14.6 Å². The highest BCUT2D eigenvalue weighted by molar-refractivity contribution is 7.92. The van der Waals surface area contributed by atoms with Crippen molar-refractivity contribution in [1.82, 2.24) is 0 Å². The van der Waals surface area contributed by atoms with E-state index in [1.165, 1.54) is 43.5 Å². The fourth-order valence-electron chi connectivity index (χ4n) is 2.21. The maximum atomic E-state index is 12.9. The third-order valence-corrected chi connectivity index (χ3v) is 5.13. The first-order valence-electron chi connectivity index (χ1n) is 7.50. The van der Waals surface area contributed by atoms with Crippen molar-refractivity contribution in [2.45, 2.75) is 11.8 Å². The molecule has 25 heavy (non-hydrogen) atoms. The summed E-state index contributed by atoms with van der Waals surface area (Å²) in [6.45, 7) is 1.58. The Labute approximate surface area is 146 Å². The summed E-state index contributed by atoms with van der Waals surface area (Å²) in [6, 6.07) is 12.0. The molecule has 0 fully saturated rings. The highest BCUT2D eigenvalue weighted by Crippen LogP contribution is 2.27. The average molecular weight is 365 g/mol. The van der Waals surface area contributed by atoms with Crippen molar-refractivity contribution in [1.29, 1.82) is 0 Å². The minimum Gasteiger partial charge on any atom is -0.497 e. The lowest BCUT2D eigenvalue weighted by Gasteiger charge is -2.23. The zero-order chi connectivity index (χ0) is 18.4. The van der Waals surface area contributed by atoms with Gasteiger partial charge in [0.25, 0.3) is 10.0 Å². The summed E-state index contributed by atoms with van der Waals surface area (Å²) in [6.07, 6.45) is 0. The average Bonchev–Trinajstić information content (AvgIpc) is 2.60. The van der Waals surface area contributed by atoms with Gasteiger partial charge < -0.3 is 14.6 Å². The third kappa shape index (κ3) is 4.42. The zero-order valence-corrected chi connectivity index (χ0v) is 14.7. The number of benzene rings is 2. The van der Waals surface area contributed by atoms with Gasteiger partial charge in [0.1, 0.15) is 18.0 Å². The van der Waals surface area contributed by atoms with E-state index in [0.717, 1.165) is 4.31 Å². The van der Waals surface area contributed by atoms with Crippen LogP contribution in [-0.2, 0) is 14.8 Å². The molecule has 0 saturated carbocycles. The molecular formula is C17H19NO6S. The molecule has 0 unspecified atom stereocenters. The van der Waals surface area contributed by atoms with E-state index in [1.807, 2.05) is 6.92 Å². The number of methoxy groups -OCH3 is 1. The number of aliphatic carboxylic acids is 1. The van der Waals surface area contributed by atoms with Gasteiger partial charge in [0.05, 0.1) is 24.3 Å². The SMILES string of the molecule is CCOc1ccc(S(=O)(=O)N(CC(=O)O)c2cccc(OC)c2)cc1. The summed E-state index contributed by atoms with van der Waals surface area (Å²) in [5.74, 6) is -0.306. The molecule has 2 rings (SSSR count). The third-order valence-electron chi connectivity index (χ3n) is 3.34. The van der Waals surface area contributed by atoms with Crippen LogP contribution in [0.25, 0.3) is 0 Å². The van der Waals surface area contributed by atoms with E-state index < -0.39 is 22.5 Å². The van der Waals surface area contributed by atoms with Crippen LogP contribution in [0.4, 0.5) is 5.69 Å². The Morgan fingerprint density at radius 3 is 2.36 bits per heavy atom. The maximum Gasteiger partial charge on any atom is 0.324 e. The molecule has 0 radical (unpaired) electrons. The molecule has 1 N–H and O–H groups in total. The van der Waals surface area contributed by atoms with Gasteiger partial charge in [0, 0.05) is 6.07 Å². The van der Waals surface area contributed by atoms with Gasteiger partial charge in [-0.05, 0) is 43.3 Å². The molecule has 2 aromatic rings. The Hall–Kier alpha value is -2.74. The number of carboxylic acids is 1. The van der Waals surface area contributed by atoms with Gasteiger partial charge in [-0.15, -0.1) is 0 Å². The molecule has 0 aromatic heterocycles. The normalized spacial score (nSPS) is 11.0. The summed E-state index contributed by atoms with van der Waals surface area (Å²) < 4.78 is 37.0. The molecule has 0 heterocycles. The second-order valence-electron chi connectivity index (χ2n) is 5.01. The lowest BCUT2D eigenvalue weighted by Crippen LogP contribution is -2.35. The second-order valence-corrected chi connectivity index (χ2v) is 6.87. The van der Waals surface area contributed by atoms with Crippen molar-refractivity contribution in [2.75, 3.05) is 24.6 Å². The molecule has 0 aliphatic carbocycles. The molecule has 0 bridgehead atoms. The Morgan fingerprint density at radius 1 is 1.12 bits per heavy atom. The van der Waals surface area contributed by atoms with Crippen LogP contribution in [0.2, 0.25) is 0 Å². The fraction of sp³-hybridized carbons (Fsp3) is 0.235. The van der Waals surface area contributed by atoms with Crippen molar-refractivity contribution in [3.63, 3.8) is 0 Å². The van der Waals surface area contributed by atoms with E-state index in [2.05, 4.69) is 0 Å². The van der Waals surface area contributed by atoms with Gasteiger partial charge >= 0.3 is 5.97 Å². The first-order chi connectivity index (χ1) is 11.9. The van der Waals surface area contributed by atoms with Crippen LogP contribution in [0.5, 0.6) is 11.5 Å². The van der Waals surface area contributed by atoms with Gasteiger partial charge in [-0.1, -0.05) is 6.07 Å². The van der Waals surface area contributed by atoms with Crippen LogP contribution in [0.3, 0.4) is 0 Å². The van der Waals surface area contributed by atoms with Crippen molar-refractivity contribution in [3.05, 3.63) is 48.5 Å². The molecule has 0 atom stereocenters. The summed E-state index contributed by atoms with van der Waals surface area (Å²) in [5.41, 5.74) is 0.204. The van der Waals surface area contributed by atoms with E-state index in [1.54, 1.807) is 12.1 Å². The monoisotopic (exact) mass is 365 g/mol.